The molecule has 0 saturated carbocycles. The fourth-order valence-corrected chi connectivity index (χ4v) is 2.20. The smallest absolute Gasteiger partial charge is 0.224 e. The molecule has 1 aliphatic carbocycles. The third-order valence-electron chi connectivity index (χ3n) is 3.04. The second-order valence-electron chi connectivity index (χ2n) is 4.07. The lowest BCUT2D eigenvalue weighted by atomic mass is 9.86. The number of halogens is 1. The van der Waals surface area contributed by atoms with Crippen LogP contribution in [0.1, 0.15) is 16.1 Å². The molecular weight excluding hydrogens is 265 g/mol. The van der Waals surface area contributed by atoms with E-state index < -0.39 is 11.6 Å². The van der Waals surface area contributed by atoms with Crippen LogP contribution in [0.5, 0.6) is 5.88 Å². The molecule has 6 nitrogen and oxygen atoms in total. The van der Waals surface area contributed by atoms with Crippen LogP contribution >= 0.6 is 0 Å². The Morgan fingerprint density at radius 1 is 1.30 bits per heavy atom. The molecule has 0 unspecified atom stereocenters. The zero-order valence-corrected chi connectivity index (χ0v) is 10.3. The molecule has 1 N–H and O–H groups in total. The van der Waals surface area contributed by atoms with Crippen molar-refractivity contribution in [1.82, 2.24) is 9.97 Å². The van der Waals surface area contributed by atoms with Crippen LogP contribution in [0.3, 0.4) is 0 Å². The van der Waals surface area contributed by atoms with E-state index in [1.165, 1.54) is 25.6 Å². The first-order valence-electron chi connectivity index (χ1n) is 5.63. The highest BCUT2D eigenvalue weighted by Crippen LogP contribution is 2.38. The second-order valence-corrected chi connectivity index (χ2v) is 4.07. The number of Topliss-reactive ketones (excluding diaryl/α,β-unsaturated/α-hetero) is 1. The number of benzene rings is 1. The summed E-state index contributed by atoms with van der Waals surface area (Å²) in [6.07, 6.45) is 1.18. The van der Waals surface area contributed by atoms with Crippen molar-refractivity contribution >= 4 is 11.5 Å². The minimum atomic E-state index is -0.532. The summed E-state index contributed by atoms with van der Waals surface area (Å²) in [6, 6.07) is 3.69. The Labute approximate surface area is 112 Å². The predicted molar refractivity (Wildman–Crippen MR) is 66.6 cm³/mol. The Balaban J connectivity index is 2.44. The van der Waals surface area contributed by atoms with Gasteiger partial charge in [-0.3, -0.25) is 4.79 Å². The minimum absolute atomic E-state index is 0.113. The van der Waals surface area contributed by atoms with Crippen molar-refractivity contribution in [3.8, 4) is 17.0 Å². The molecule has 100 valence electrons. The number of ether oxygens (including phenoxy) is 1. The molecule has 0 spiro atoms. The molecule has 1 aliphatic rings. The lowest BCUT2D eigenvalue weighted by Crippen LogP contribution is -2.24. The van der Waals surface area contributed by atoms with Crippen LogP contribution in [0.4, 0.5) is 4.39 Å². The van der Waals surface area contributed by atoms with E-state index >= 15 is 0 Å². The Hall–Kier alpha value is -2.83. The molecule has 0 fully saturated rings. The average Bonchev–Trinajstić information content (AvgIpc) is 2.47. The molecule has 0 atom stereocenters. The van der Waals surface area contributed by atoms with E-state index in [1.54, 1.807) is 0 Å². The first kappa shape index (κ1) is 12.2. The quantitative estimate of drug-likeness (QED) is 0.631. The molecule has 1 aromatic heterocycles. The monoisotopic (exact) mass is 273 g/mol. The molecule has 0 amide bonds. The van der Waals surface area contributed by atoms with Crippen molar-refractivity contribution in [2.24, 2.45) is 5.16 Å². The van der Waals surface area contributed by atoms with E-state index in [2.05, 4.69) is 15.1 Å². The highest BCUT2D eigenvalue weighted by molar-refractivity contribution is 6.54. The maximum absolute atomic E-state index is 13.5. The number of rotatable bonds is 1. The molecule has 7 heteroatoms. The number of hydrogen-bond acceptors (Lipinski definition) is 6. The largest absolute Gasteiger partial charge is 0.480 e. The van der Waals surface area contributed by atoms with Crippen LogP contribution in [0.15, 0.2) is 29.7 Å². The van der Waals surface area contributed by atoms with E-state index in [9.17, 15) is 9.18 Å². The van der Waals surface area contributed by atoms with Gasteiger partial charge in [-0.25, -0.2) is 14.4 Å². The highest BCUT2D eigenvalue weighted by Gasteiger charge is 2.33. The van der Waals surface area contributed by atoms with Gasteiger partial charge in [-0.2, -0.15) is 0 Å². The summed E-state index contributed by atoms with van der Waals surface area (Å²) in [5.41, 5.74) is 0.744. The molecule has 20 heavy (non-hydrogen) atoms. The van der Waals surface area contributed by atoms with Gasteiger partial charge in [-0.1, -0.05) is 5.16 Å². The number of methoxy groups -OCH3 is 1. The molecule has 2 aromatic rings. The first-order valence-corrected chi connectivity index (χ1v) is 5.63. The van der Waals surface area contributed by atoms with Gasteiger partial charge in [0.2, 0.25) is 11.7 Å². The van der Waals surface area contributed by atoms with Gasteiger partial charge in [0.1, 0.15) is 17.8 Å². The third kappa shape index (κ3) is 1.56. The van der Waals surface area contributed by atoms with Crippen LogP contribution in [-0.4, -0.2) is 33.8 Å². The fourth-order valence-electron chi connectivity index (χ4n) is 2.20. The lowest BCUT2D eigenvalue weighted by Gasteiger charge is -2.19. The average molecular weight is 273 g/mol. The fraction of sp³-hybridized carbons (Fsp3) is 0.0769. The minimum Gasteiger partial charge on any atom is -0.480 e. The molecule has 1 aromatic carbocycles. The number of carbonyl (C=O) groups is 1. The third-order valence-corrected chi connectivity index (χ3v) is 3.04. The van der Waals surface area contributed by atoms with Gasteiger partial charge in [0.05, 0.1) is 12.7 Å². The first-order chi connectivity index (χ1) is 9.67. The topological polar surface area (TPSA) is 84.7 Å². The molecule has 3 rings (SSSR count). The normalized spacial score (nSPS) is 14.9. The summed E-state index contributed by atoms with van der Waals surface area (Å²) in [4.78, 5) is 20.1. The highest BCUT2D eigenvalue weighted by atomic mass is 19.1. The molecular formula is C13H8FN3O3. The standard InChI is InChI=1S/C13H8FN3O3/c1-20-13-9-8-4-6(14)2-3-7(8)12(18)11(17-19)10(9)15-5-16-13/h2-5,19H,1H3/b17-11+. The van der Waals surface area contributed by atoms with E-state index in [-0.39, 0.29) is 22.8 Å². The molecule has 0 aliphatic heterocycles. The van der Waals surface area contributed by atoms with Gasteiger partial charge in [-0.05, 0) is 18.2 Å². The van der Waals surface area contributed by atoms with E-state index in [0.717, 1.165) is 6.07 Å². The lowest BCUT2D eigenvalue weighted by molar-refractivity contribution is 0.106. The molecule has 0 radical (unpaired) electrons. The van der Waals surface area contributed by atoms with Crippen LogP contribution in [0, 0.1) is 5.82 Å². The predicted octanol–water partition coefficient (Wildman–Crippen LogP) is 1.67. The SMILES string of the molecule is COc1ncnc2c1-c1cc(F)ccc1C(=O)/C2=N/O. The van der Waals surface area contributed by atoms with Crippen molar-refractivity contribution in [3.63, 3.8) is 0 Å². The number of fused-ring (bicyclic) bond motifs is 3. The van der Waals surface area contributed by atoms with Crippen molar-refractivity contribution in [3.05, 3.63) is 41.6 Å². The van der Waals surface area contributed by atoms with E-state index in [4.69, 9.17) is 9.94 Å². The second kappa shape index (κ2) is 4.37. The van der Waals surface area contributed by atoms with Gasteiger partial charge in [0.15, 0.2) is 5.71 Å². The zero-order valence-electron chi connectivity index (χ0n) is 10.3. The van der Waals surface area contributed by atoms with Gasteiger partial charge in [0.25, 0.3) is 0 Å². The van der Waals surface area contributed by atoms with Crippen LogP contribution in [0.2, 0.25) is 0 Å². The summed E-state index contributed by atoms with van der Waals surface area (Å²) >= 11 is 0. The van der Waals surface area contributed by atoms with Gasteiger partial charge < -0.3 is 9.94 Å². The molecule has 0 bridgehead atoms. The summed E-state index contributed by atoms with van der Waals surface area (Å²) < 4.78 is 18.6. The Kier molecular flexibility index (Phi) is 2.67. The van der Waals surface area contributed by atoms with Crippen molar-refractivity contribution < 1.29 is 19.1 Å². The van der Waals surface area contributed by atoms with Crippen LogP contribution in [-0.2, 0) is 0 Å². The van der Waals surface area contributed by atoms with Gasteiger partial charge >= 0.3 is 0 Å². The zero-order chi connectivity index (χ0) is 14.3. The number of aromatic nitrogens is 2. The van der Waals surface area contributed by atoms with Gasteiger partial charge in [-0.15, -0.1) is 0 Å². The summed E-state index contributed by atoms with van der Waals surface area (Å²) in [6.45, 7) is 0. The van der Waals surface area contributed by atoms with Crippen molar-refractivity contribution in [2.45, 2.75) is 0 Å². The number of carbonyl (C=O) groups excluding carboxylic acids is 1. The number of ketones is 1. The van der Waals surface area contributed by atoms with Crippen LogP contribution < -0.4 is 4.74 Å². The van der Waals surface area contributed by atoms with Crippen molar-refractivity contribution in [2.75, 3.05) is 7.11 Å². The van der Waals surface area contributed by atoms with Crippen LogP contribution in [0.25, 0.3) is 11.1 Å². The number of nitrogens with zero attached hydrogens (tertiary/aromatic N) is 3. The van der Waals surface area contributed by atoms with E-state index in [0.29, 0.717) is 11.1 Å². The summed E-state index contributed by atoms with van der Waals surface area (Å²) in [7, 11) is 1.40. The van der Waals surface area contributed by atoms with Crippen molar-refractivity contribution in [1.29, 1.82) is 0 Å². The number of hydrogen-bond donors (Lipinski definition) is 1. The number of oxime groups is 1. The van der Waals surface area contributed by atoms with E-state index in [1.807, 2.05) is 0 Å². The maximum Gasteiger partial charge on any atom is 0.224 e. The molecule has 0 saturated heterocycles. The Morgan fingerprint density at radius 2 is 2.10 bits per heavy atom. The summed E-state index contributed by atoms with van der Waals surface area (Å²) in [5, 5.41) is 12.0. The maximum atomic E-state index is 13.5. The Bertz CT molecular complexity index is 759. The molecule has 1 heterocycles. The van der Waals surface area contributed by atoms with Gasteiger partial charge in [0, 0.05) is 11.1 Å². The Morgan fingerprint density at radius 3 is 2.80 bits per heavy atom. The summed E-state index contributed by atoms with van der Waals surface area (Å²) in [5.74, 6) is -0.857.